The highest BCUT2D eigenvalue weighted by Crippen LogP contribution is 2.47. The van der Waals surface area contributed by atoms with Crippen molar-refractivity contribution >= 4 is 11.6 Å². The zero-order valence-electron chi connectivity index (χ0n) is 9.71. The normalized spacial score (nSPS) is 24.9. The minimum atomic E-state index is -0.443. The van der Waals surface area contributed by atoms with E-state index < -0.39 is 5.41 Å². The van der Waals surface area contributed by atoms with Gasteiger partial charge in [-0.15, -0.1) is 0 Å². The van der Waals surface area contributed by atoms with E-state index in [1.54, 1.807) is 0 Å². The van der Waals surface area contributed by atoms with Crippen LogP contribution in [0.15, 0.2) is 11.3 Å². The van der Waals surface area contributed by atoms with E-state index in [9.17, 15) is 14.7 Å². The third-order valence-electron chi connectivity index (χ3n) is 3.98. The topological polar surface area (TPSA) is 54.4 Å². The summed E-state index contributed by atoms with van der Waals surface area (Å²) in [5.74, 6) is -0.596. The molecule has 1 saturated carbocycles. The molecule has 0 amide bonds. The molecule has 2 rings (SSSR count). The molecule has 0 saturated heterocycles. The van der Waals surface area contributed by atoms with E-state index in [1.165, 1.54) is 6.92 Å². The molecule has 0 atom stereocenters. The molecule has 1 N–H and O–H groups in total. The summed E-state index contributed by atoms with van der Waals surface area (Å²) in [4.78, 5) is 23.4. The molecular weight excluding hydrogens is 204 g/mol. The van der Waals surface area contributed by atoms with Crippen LogP contribution in [0, 0.1) is 5.41 Å². The molecule has 0 aromatic carbocycles. The monoisotopic (exact) mass is 222 g/mol. The molecule has 0 bridgehead atoms. The molecule has 1 fully saturated rings. The van der Waals surface area contributed by atoms with E-state index in [2.05, 4.69) is 0 Å². The molecule has 16 heavy (non-hydrogen) atoms. The molecule has 0 aromatic rings. The van der Waals surface area contributed by atoms with Crippen LogP contribution in [0.25, 0.3) is 0 Å². The Balaban J connectivity index is 2.27. The molecule has 0 unspecified atom stereocenters. The standard InChI is InChI=1S/C13H18O3/c1-9(14)10-8-13(12(16)11(10)15)6-4-2-3-5-7-13/h15H,2-8H2,1H3. The average molecular weight is 222 g/mol. The fourth-order valence-electron chi connectivity index (χ4n) is 2.99. The van der Waals surface area contributed by atoms with Crippen molar-refractivity contribution in [3.8, 4) is 0 Å². The first-order valence-electron chi connectivity index (χ1n) is 6.05. The summed E-state index contributed by atoms with van der Waals surface area (Å²) in [5.41, 5.74) is -0.0893. The number of rotatable bonds is 1. The Kier molecular flexibility index (Phi) is 2.87. The molecule has 0 heterocycles. The van der Waals surface area contributed by atoms with Crippen molar-refractivity contribution in [1.29, 1.82) is 0 Å². The van der Waals surface area contributed by atoms with E-state index in [4.69, 9.17) is 0 Å². The van der Waals surface area contributed by atoms with Gasteiger partial charge in [-0.3, -0.25) is 9.59 Å². The Labute approximate surface area is 95.5 Å². The first-order chi connectivity index (χ1) is 7.57. The maximum absolute atomic E-state index is 12.1. The van der Waals surface area contributed by atoms with E-state index in [1.807, 2.05) is 0 Å². The first-order valence-corrected chi connectivity index (χ1v) is 6.05. The maximum atomic E-state index is 12.1. The Hall–Kier alpha value is -1.12. The predicted octanol–water partition coefficient (Wildman–Crippen LogP) is 2.70. The van der Waals surface area contributed by atoms with Crippen LogP contribution in [0.2, 0.25) is 0 Å². The second-order valence-electron chi connectivity index (χ2n) is 5.08. The minimum Gasteiger partial charge on any atom is -0.504 e. The average Bonchev–Trinajstić information content (AvgIpc) is 2.46. The third-order valence-corrected chi connectivity index (χ3v) is 3.98. The molecule has 0 radical (unpaired) electrons. The van der Waals surface area contributed by atoms with Crippen LogP contribution in [0.4, 0.5) is 0 Å². The van der Waals surface area contributed by atoms with Gasteiger partial charge in [0.2, 0.25) is 5.78 Å². The first kappa shape index (κ1) is 11.4. The number of aliphatic hydroxyl groups is 1. The van der Waals surface area contributed by atoms with Gasteiger partial charge in [0.15, 0.2) is 11.5 Å². The zero-order chi connectivity index (χ0) is 11.8. The Bertz CT molecular complexity index is 357. The third kappa shape index (κ3) is 1.68. The fourth-order valence-corrected chi connectivity index (χ4v) is 2.99. The van der Waals surface area contributed by atoms with Gasteiger partial charge in [0, 0.05) is 11.0 Å². The maximum Gasteiger partial charge on any atom is 0.203 e. The van der Waals surface area contributed by atoms with Crippen LogP contribution in [-0.4, -0.2) is 16.7 Å². The number of hydrogen-bond acceptors (Lipinski definition) is 3. The molecule has 0 aromatic heterocycles. The van der Waals surface area contributed by atoms with Crippen molar-refractivity contribution in [3.63, 3.8) is 0 Å². The van der Waals surface area contributed by atoms with Gasteiger partial charge in [-0.25, -0.2) is 0 Å². The van der Waals surface area contributed by atoms with Crippen LogP contribution in [0.3, 0.4) is 0 Å². The molecule has 3 heteroatoms. The summed E-state index contributed by atoms with van der Waals surface area (Å²) in [7, 11) is 0. The molecule has 3 nitrogen and oxygen atoms in total. The van der Waals surface area contributed by atoms with Gasteiger partial charge in [-0.05, 0) is 26.2 Å². The lowest BCUT2D eigenvalue weighted by Gasteiger charge is -2.25. The zero-order valence-corrected chi connectivity index (χ0v) is 9.71. The van der Waals surface area contributed by atoms with Crippen molar-refractivity contribution in [2.45, 2.75) is 51.9 Å². The smallest absolute Gasteiger partial charge is 0.203 e. The van der Waals surface area contributed by atoms with E-state index in [-0.39, 0.29) is 17.3 Å². The quantitative estimate of drug-likeness (QED) is 0.742. The van der Waals surface area contributed by atoms with Crippen LogP contribution in [0.5, 0.6) is 0 Å². The molecule has 2 aliphatic carbocycles. The second kappa shape index (κ2) is 4.04. The largest absolute Gasteiger partial charge is 0.504 e. The minimum absolute atomic E-state index is 0.160. The van der Waals surface area contributed by atoms with Crippen molar-refractivity contribution in [3.05, 3.63) is 11.3 Å². The molecule has 0 aliphatic heterocycles. The summed E-state index contributed by atoms with van der Waals surface area (Å²) in [6.07, 6.45) is 6.50. The second-order valence-corrected chi connectivity index (χ2v) is 5.08. The van der Waals surface area contributed by atoms with Gasteiger partial charge in [0.05, 0.1) is 0 Å². The Morgan fingerprint density at radius 1 is 1.19 bits per heavy atom. The van der Waals surface area contributed by atoms with Gasteiger partial charge in [0.1, 0.15) is 0 Å². The van der Waals surface area contributed by atoms with Crippen molar-refractivity contribution in [2.24, 2.45) is 5.41 Å². The van der Waals surface area contributed by atoms with Crippen LogP contribution >= 0.6 is 0 Å². The van der Waals surface area contributed by atoms with Crippen LogP contribution in [-0.2, 0) is 9.59 Å². The SMILES string of the molecule is CC(=O)C1=C(O)C(=O)C2(CCCCCC2)C1. The lowest BCUT2D eigenvalue weighted by molar-refractivity contribution is -0.126. The fraction of sp³-hybridized carbons (Fsp3) is 0.692. The highest BCUT2D eigenvalue weighted by Gasteiger charge is 2.47. The Morgan fingerprint density at radius 3 is 2.19 bits per heavy atom. The van der Waals surface area contributed by atoms with Gasteiger partial charge in [-0.2, -0.15) is 0 Å². The number of allylic oxidation sites excluding steroid dienone is 2. The highest BCUT2D eigenvalue weighted by molar-refractivity contribution is 6.10. The van der Waals surface area contributed by atoms with Gasteiger partial charge < -0.3 is 5.11 Å². The summed E-state index contributed by atoms with van der Waals surface area (Å²) < 4.78 is 0. The molecule has 88 valence electrons. The number of ketones is 2. The summed E-state index contributed by atoms with van der Waals surface area (Å²) in [6.45, 7) is 1.43. The van der Waals surface area contributed by atoms with Crippen LogP contribution in [0.1, 0.15) is 51.9 Å². The number of aliphatic hydroxyl groups excluding tert-OH is 1. The summed E-state index contributed by atoms with van der Waals surface area (Å²) in [5, 5.41) is 9.75. The van der Waals surface area contributed by atoms with E-state index in [0.717, 1.165) is 38.5 Å². The van der Waals surface area contributed by atoms with Gasteiger partial charge in [0.25, 0.3) is 0 Å². The van der Waals surface area contributed by atoms with Crippen molar-refractivity contribution < 1.29 is 14.7 Å². The molecule has 2 aliphatic rings. The van der Waals surface area contributed by atoms with E-state index in [0.29, 0.717) is 12.0 Å². The van der Waals surface area contributed by atoms with Crippen molar-refractivity contribution in [2.75, 3.05) is 0 Å². The number of Topliss-reactive ketones (excluding diaryl/α,β-unsaturated/α-hetero) is 2. The molecule has 1 spiro atoms. The lowest BCUT2D eigenvalue weighted by atomic mass is 9.76. The molecular formula is C13H18O3. The van der Waals surface area contributed by atoms with E-state index >= 15 is 0 Å². The number of carbonyl (C=O) groups excluding carboxylic acids is 2. The Morgan fingerprint density at radius 2 is 1.75 bits per heavy atom. The van der Waals surface area contributed by atoms with Gasteiger partial charge in [-0.1, -0.05) is 25.7 Å². The number of carbonyl (C=O) groups is 2. The summed E-state index contributed by atoms with van der Waals surface area (Å²) >= 11 is 0. The highest BCUT2D eigenvalue weighted by atomic mass is 16.3. The number of hydrogen-bond donors (Lipinski definition) is 1. The van der Waals surface area contributed by atoms with Gasteiger partial charge >= 0.3 is 0 Å². The lowest BCUT2D eigenvalue weighted by Crippen LogP contribution is -2.27. The summed E-state index contributed by atoms with van der Waals surface area (Å²) in [6, 6.07) is 0. The van der Waals surface area contributed by atoms with Crippen LogP contribution < -0.4 is 0 Å². The van der Waals surface area contributed by atoms with Crippen molar-refractivity contribution in [1.82, 2.24) is 0 Å². The predicted molar refractivity (Wildman–Crippen MR) is 60.1 cm³/mol.